The van der Waals surface area contributed by atoms with E-state index in [1.165, 1.54) is 119 Å². The Morgan fingerprint density at radius 3 is 0.907 bits per heavy atom. The highest BCUT2D eigenvalue weighted by Crippen LogP contribution is 2.56. The number of rotatable bonds is 14. The van der Waals surface area contributed by atoms with E-state index in [0.717, 1.165) is 156 Å². The fourth-order valence-corrected chi connectivity index (χ4v) is 29.8. The first-order chi connectivity index (χ1) is 74.2. The summed E-state index contributed by atoms with van der Waals surface area (Å²) in [6, 6.07) is 194. The van der Waals surface area contributed by atoms with Gasteiger partial charge in [0.2, 0.25) is 0 Å². The molecule has 6 aromatic heterocycles. The molecule has 0 radical (unpaired) electrons. The third-order valence-corrected chi connectivity index (χ3v) is 36.3. The lowest BCUT2D eigenvalue weighted by molar-refractivity contribution is 0.601. The zero-order valence-electron chi connectivity index (χ0n) is 82.4. The summed E-state index contributed by atoms with van der Waals surface area (Å²) in [4.78, 5) is 0. The van der Waals surface area contributed by atoms with Crippen LogP contribution in [0.15, 0.2) is 568 Å². The van der Waals surface area contributed by atoms with Crippen LogP contribution in [0, 0.1) is 0 Å². The molecule has 0 N–H and O–H groups in total. The summed E-state index contributed by atoms with van der Waals surface area (Å²) in [7, 11) is -2.60. The molecule has 28 aromatic rings. The Bertz CT molecular complexity index is 9680. The second-order valence-corrected chi connectivity index (χ2v) is 44.0. The zero-order valence-corrected chi connectivity index (χ0v) is 84.2. The summed E-state index contributed by atoms with van der Waals surface area (Å²) in [6.45, 7) is 4.64. The molecule has 0 saturated carbocycles. The molecule has 30 rings (SSSR count). The molecule has 0 unspecified atom stereocenters. The van der Waals surface area contributed by atoms with Crippen molar-refractivity contribution >= 4 is 125 Å². The number of hydrogen-bond donors (Lipinski definition) is 0. The van der Waals surface area contributed by atoms with Crippen LogP contribution < -0.4 is 20.7 Å². The van der Waals surface area contributed by atoms with Crippen LogP contribution in [0.3, 0.4) is 0 Å². The molecule has 0 amide bonds. The molecule has 0 atom stereocenters. The minimum absolute atomic E-state index is 0.0445. The number of furan rings is 5. The Hall–Kier alpha value is -18.8. The molecule has 7 heterocycles. The molecule has 150 heavy (non-hydrogen) atoms. The highest BCUT2D eigenvalue weighted by molar-refractivity contribution is 7.26. The summed E-state index contributed by atoms with van der Waals surface area (Å²) >= 11 is 1.84. The molecular formula is C143H96O5SSi. The zero-order chi connectivity index (χ0) is 99.7. The van der Waals surface area contributed by atoms with Gasteiger partial charge in [0.25, 0.3) is 0 Å². The first-order valence-electron chi connectivity index (χ1n) is 51.3. The first kappa shape index (κ1) is 90.0. The summed E-state index contributed by atoms with van der Waals surface area (Å²) in [5.41, 5.74) is 28.0. The number of hydrogen-bond acceptors (Lipinski definition) is 6. The van der Waals surface area contributed by atoms with E-state index in [0.29, 0.717) is 0 Å². The van der Waals surface area contributed by atoms with Crippen LogP contribution in [-0.4, -0.2) is 8.07 Å². The second kappa shape index (κ2) is 38.0. The fourth-order valence-electron chi connectivity index (χ4n) is 23.5. The SMILES string of the molecule is CC1(C)c2ccccc2-c2c(-c3oc(-c4cccc(-c5ccccc5)c4)c4ccccc34)cccc21.c1ccc(-c2cccc(-c3oc(-c4cccc5c4-c4ccccc4[Si]5(c4ccccc4)c4ccccc4)c4ccccc34)c2)cc1.c1ccc(-c2cccc(-c3oc(-c4cccc5oc6ccccc6c45)c4ccccc34)c2)cc1.c1ccc(-c2cccc(-c3oc(-c4cccc5sc6ccccc6c45)c4ccccc34)c2)cc1. The molecule has 22 aromatic carbocycles. The Morgan fingerprint density at radius 1 is 0.173 bits per heavy atom. The lowest BCUT2D eigenvalue weighted by Gasteiger charge is -2.31. The lowest BCUT2D eigenvalue weighted by Crippen LogP contribution is -2.72. The van der Waals surface area contributed by atoms with E-state index in [9.17, 15) is 0 Å². The summed E-state index contributed by atoms with van der Waals surface area (Å²) in [6.07, 6.45) is 0. The molecule has 5 nitrogen and oxygen atoms in total. The maximum absolute atomic E-state index is 7.06. The molecule has 7 heteroatoms. The van der Waals surface area contributed by atoms with Gasteiger partial charge in [0.05, 0.1) is 0 Å². The smallest absolute Gasteiger partial charge is 0.180 e. The van der Waals surface area contributed by atoms with Crippen molar-refractivity contribution in [1.82, 2.24) is 0 Å². The molecule has 0 spiro atoms. The van der Waals surface area contributed by atoms with E-state index < -0.39 is 8.07 Å². The Morgan fingerprint density at radius 2 is 0.453 bits per heavy atom. The van der Waals surface area contributed by atoms with Gasteiger partial charge in [0.1, 0.15) is 57.2 Å². The van der Waals surface area contributed by atoms with Crippen molar-refractivity contribution in [2.45, 2.75) is 19.3 Å². The molecule has 0 bridgehead atoms. The average molecular weight is 1950 g/mol. The maximum Gasteiger partial charge on any atom is 0.180 e. The van der Waals surface area contributed by atoms with Crippen LogP contribution in [0.5, 0.6) is 0 Å². The van der Waals surface area contributed by atoms with E-state index in [-0.39, 0.29) is 5.41 Å². The summed E-state index contributed by atoms with van der Waals surface area (Å²) in [5.74, 6) is 7.29. The maximum atomic E-state index is 7.06. The van der Waals surface area contributed by atoms with E-state index in [2.05, 4.69) is 529 Å². The predicted molar refractivity (Wildman–Crippen MR) is 630 cm³/mol. The summed E-state index contributed by atoms with van der Waals surface area (Å²) in [5, 5.41) is 19.4. The molecule has 0 fully saturated rings. The monoisotopic (exact) mass is 1950 g/mol. The van der Waals surface area contributed by atoms with Gasteiger partial charge in [-0.15, -0.1) is 11.3 Å². The van der Waals surface area contributed by atoms with Crippen LogP contribution >= 0.6 is 11.3 Å². The van der Waals surface area contributed by atoms with Crippen LogP contribution in [0.25, 0.3) is 243 Å². The third kappa shape index (κ3) is 15.6. The molecular weight excluding hydrogens is 1860 g/mol. The van der Waals surface area contributed by atoms with Crippen LogP contribution in [-0.2, 0) is 5.41 Å². The van der Waals surface area contributed by atoms with Crippen molar-refractivity contribution in [3.63, 3.8) is 0 Å². The van der Waals surface area contributed by atoms with Crippen molar-refractivity contribution in [2.24, 2.45) is 0 Å². The van der Waals surface area contributed by atoms with Crippen LogP contribution in [0.1, 0.15) is 25.0 Å². The first-order valence-corrected chi connectivity index (χ1v) is 54.1. The van der Waals surface area contributed by atoms with Gasteiger partial charge in [0.15, 0.2) is 8.07 Å². The highest BCUT2D eigenvalue weighted by Gasteiger charge is 2.50. The molecule has 2 aliphatic rings. The standard InChI is InChI=1S/C44H30OSi.C35H26O.C32H20O2.C32H20OS/c1-4-16-31(17-5-1)32-18-14-19-33(30-32)43-36-24-10-11-25-37(36)44(45-43)39-27-15-29-41-42(39)38-26-12-13-28-40(38)46(41,34-20-6-2-7-21-34)35-22-8-3-9-23-35;1-35(2)30-20-9-8-18-28(30)32-29(19-11-21-31(32)35)34-27-17-7-6-16-26(27)33(36-34)25-15-10-14-24(22-25)23-12-4-3-5-13-23;1-2-10-21(11-3-1)22-12-8-13-23(20-22)31-24-14-4-5-15-25(24)32(34-31)27-17-9-19-29-30(27)26-16-6-7-18-28(26)33-29;1-2-10-21(11-3-1)22-12-8-13-23(20-22)31-24-14-4-5-15-25(24)32(33-31)27-17-9-19-29-30(27)26-16-6-7-18-28(26)34-29/h1-30H;3-22H,1-2H3;2*1-20H. The molecule has 1 aliphatic carbocycles. The summed E-state index contributed by atoms with van der Waals surface area (Å²) < 4.78 is 36.1. The highest BCUT2D eigenvalue weighted by atomic mass is 32.1. The molecule has 708 valence electrons. The van der Waals surface area contributed by atoms with Gasteiger partial charge in [-0.2, -0.15) is 0 Å². The fraction of sp³-hybridized carbons (Fsp3) is 0.0210. The number of benzene rings is 22. The van der Waals surface area contributed by atoms with Gasteiger partial charge in [-0.05, 0) is 147 Å². The van der Waals surface area contributed by atoms with Gasteiger partial charge in [0, 0.05) is 124 Å². The lowest BCUT2D eigenvalue weighted by atomic mass is 9.82. The number of para-hydroxylation sites is 1. The largest absolute Gasteiger partial charge is 0.456 e. The van der Waals surface area contributed by atoms with E-state index in [1.54, 1.807) is 0 Å². The van der Waals surface area contributed by atoms with Gasteiger partial charge >= 0.3 is 0 Å². The van der Waals surface area contributed by atoms with Gasteiger partial charge < -0.3 is 22.1 Å². The minimum atomic E-state index is -2.60. The van der Waals surface area contributed by atoms with E-state index in [4.69, 9.17) is 22.1 Å². The van der Waals surface area contributed by atoms with Crippen LogP contribution in [0.4, 0.5) is 0 Å². The molecule has 0 saturated heterocycles. The van der Waals surface area contributed by atoms with E-state index in [1.807, 2.05) is 41.7 Å². The van der Waals surface area contributed by atoms with Gasteiger partial charge in [-0.3, -0.25) is 0 Å². The second-order valence-electron chi connectivity index (χ2n) is 39.2. The van der Waals surface area contributed by atoms with Crippen molar-refractivity contribution in [3.8, 4) is 157 Å². The minimum Gasteiger partial charge on any atom is -0.456 e. The number of fused-ring (bicyclic) bond motifs is 16. The Balaban J connectivity index is 0.0000000991. The number of thiophene rings is 1. The van der Waals surface area contributed by atoms with Crippen molar-refractivity contribution in [1.29, 1.82) is 0 Å². The predicted octanol–water partition coefficient (Wildman–Crippen LogP) is 37.7. The van der Waals surface area contributed by atoms with Crippen LogP contribution in [0.2, 0.25) is 0 Å². The third-order valence-electron chi connectivity index (χ3n) is 30.3. The Labute approximate surface area is 874 Å². The molecule has 1 aliphatic heterocycles. The van der Waals surface area contributed by atoms with E-state index >= 15 is 0 Å². The average Bonchev–Trinajstić information content (AvgIpc) is 1.52. The van der Waals surface area contributed by atoms with Gasteiger partial charge in [-0.1, -0.05) is 511 Å². The van der Waals surface area contributed by atoms with Crippen molar-refractivity contribution in [3.05, 3.63) is 557 Å². The van der Waals surface area contributed by atoms with Crippen molar-refractivity contribution in [2.75, 3.05) is 0 Å². The Kier molecular flexibility index (Phi) is 22.8. The quantitative estimate of drug-likeness (QED) is 0.102. The topological polar surface area (TPSA) is 65.7 Å². The van der Waals surface area contributed by atoms with Crippen molar-refractivity contribution < 1.29 is 22.1 Å². The van der Waals surface area contributed by atoms with Gasteiger partial charge in [-0.25, -0.2) is 0 Å². The normalized spacial score (nSPS) is 12.4.